The van der Waals surface area contributed by atoms with Gasteiger partial charge in [-0.3, -0.25) is 0 Å². The van der Waals surface area contributed by atoms with Crippen molar-refractivity contribution in [2.45, 2.75) is 13.8 Å². The molecule has 0 saturated carbocycles. The molecule has 6 heteroatoms. The van der Waals surface area contributed by atoms with E-state index >= 15 is 0 Å². The maximum absolute atomic E-state index is 10.3. The van der Waals surface area contributed by atoms with E-state index in [4.69, 9.17) is 4.42 Å². The highest BCUT2D eigenvalue weighted by Crippen LogP contribution is 2.19. The van der Waals surface area contributed by atoms with E-state index in [1.165, 1.54) is 11.1 Å². The Morgan fingerprint density at radius 2 is 1.57 bits per heavy atom. The van der Waals surface area contributed by atoms with E-state index in [0.717, 1.165) is 17.2 Å². The van der Waals surface area contributed by atoms with Gasteiger partial charge in [0.25, 0.3) is 0 Å². The molecule has 0 aliphatic heterocycles. The molecule has 30 heavy (non-hydrogen) atoms. The number of rotatable bonds is 7. The highest BCUT2D eigenvalue weighted by atomic mass is 16.6. The summed E-state index contributed by atoms with van der Waals surface area (Å²) in [5, 5.41) is 7.85. The van der Waals surface area contributed by atoms with Gasteiger partial charge in [0, 0.05) is 25.7 Å². The fourth-order valence-electron chi connectivity index (χ4n) is 2.30. The smallest absolute Gasteiger partial charge is 0.330 e. The number of nitrogens with zero attached hydrogens (tertiary/aromatic N) is 2. The minimum absolute atomic E-state index is 0.293. The molecule has 0 bridgehead atoms. The summed E-state index contributed by atoms with van der Waals surface area (Å²) in [7, 11) is 1.54. The Labute approximate surface area is 176 Å². The topological polar surface area (TPSA) is 74.5 Å². The molecule has 156 valence electrons. The Hall–Kier alpha value is -3.51. The number of aryl methyl sites for hydroxylation is 2. The van der Waals surface area contributed by atoms with Crippen LogP contribution in [0.25, 0.3) is 23.6 Å². The number of benzene rings is 2. The molecular formula is C24H26N2O4. The van der Waals surface area contributed by atoms with Crippen molar-refractivity contribution in [2.24, 2.45) is 0 Å². The molecule has 0 aliphatic rings. The summed E-state index contributed by atoms with van der Waals surface area (Å²) in [6.07, 6.45) is 5.31. The molecule has 3 rings (SSSR count). The van der Waals surface area contributed by atoms with Gasteiger partial charge < -0.3 is 13.9 Å². The molecule has 6 nitrogen and oxygen atoms in total. The molecule has 0 unspecified atom stereocenters. The summed E-state index contributed by atoms with van der Waals surface area (Å²) in [5.41, 5.74) is 4.53. The predicted octanol–water partition coefficient (Wildman–Crippen LogP) is 4.89. The first-order valence-corrected chi connectivity index (χ1v) is 9.45. The third-order valence-electron chi connectivity index (χ3n) is 3.93. The Bertz CT molecular complexity index is 958. The van der Waals surface area contributed by atoms with E-state index in [-0.39, 0.29) is 0 Å². The van der Waals surface area contributed by atoms with Gasteiger partial charge in [-0.25, -0.2) is 4.79 Å². The Kier molecular flexibility index (Phi) is 9.21. The Morgan fingerprint density at radius 1 is 0.967 bits per heavy atom. The summed E-state index contributed by atoms with van der Waals surface area (Å²) < 4.78 is 14.6. The molecule has 0 radical (unpaired) electrons. The SMILES string of the molecule is C=CC(=O)OCCOC.Cc1ccc(/C=C/c2ccc(-c3nnc(C)o3)cc2)cc1. The van der Waals surface area contributed by atoms with Crippen molar-refractivity contribution in [3.05, 3.63) is 83.8 Å². The van der Waals surface area contributed by atoms with Gasteiger partial charge in [0.2, 0.25) is 11.8 Å². The van der Waals surface area contributed by atoms with Crippen molar-refractivity contribution in [3.8, 4) is 11.5 Å². The number of hydrogen-bond acceptors (Lipinski definition) is 6. The zero-order valence-corrected chi connectivity index (χ0v) is 17.5. The van der Waals surface area contributed by atoms with Gasteiger partial charge in [-0.2, -0.15) is 0 Å². The molecule has 0 N–H and O–H groups in total. The van der Waals surface area contributed by atoms with E-state index in [2.05, 4.69) is 69.6 Å². The minimum Gasteiger partial charge on any atom is -0.460 e. The summed E-state index contributed by atoms with van der Waals surface area (Å²) in [6.45, 7) is 7.82. The average Bonchev–Trinajstić information content (AvgIpc) is 3.20. The van der Waals surface area contributed by atoms with E-state index in [0.29, 0.717) is 25.0 Å². The van der Waals surface area contributed by atoms with Crippen molar-refractivity contribution in [2.75, 3.05) is 20.3 Å². The predicted molar refractivity (Wildman–Crippen MR) is 118 cm³/mol. The zero-order valence-electron chi connectivity index (χ0n) is 17.5. The fraction of sp³-hybridized carbons (Fsp3) is 0.208. The van der Waals surface area contributed by atoms with Crippen LogP contribution >= 0.6 is 0 Å². The molecule has 0 atom stereocenters. The van der Waals surface area contributed by atoms with E-state index in [9.17, 15) is 4.79 Å². The first-order valence-electron chi connectivity index (χ1n) is 9.45. The Balaban J connectivity index is 0.000000303. The zero-order chi connectivity index (χ0) is 21.8. The molecule has 2 aromatic carbocycles. The van der Waals surface area contributed by atoms with Crippen LogP contribution < -0.4 is 0 Å². The van der Waals surface area contributed by atoms with Crippen LogP contribution in [0.15, 0.2) is 65.6 Å². The number of carbonyl (C=O) groups excluding carboxylic acids is 1. The molecule has 0 amide bonds. The van der Waals surface area contributed by atoms with Crippen LogP contribution in [0.4, 0.5) is 0 Å². The summed E-state index contributed by atoms with van der Waals surface area (Å²) >= 11 is 0. The van der Waals surface area contributed by atoms with Crippen LogP contribution in [0.3, 0.4) is 0 Å². The van der Waals surface area contributed by atoms with Crippen molar-refractivity contribution in [1.82, 2.24) is 10.2 Å². The van der Waals surface area contributed by atoms with Crippen molar-refractivity contribution in [1.29, 1.82) is 0 Å². The van der Waals surface area contributed by atoms with E-state index in [1.54, 1.807) is 14.0 Å². The molecule has 0 fully saturated rings. The standard InChI is InChI=1S/C18H16N2O.C6H10O3/c1-13-3-5-15(6-4-13)7-8-16-9-11-17(12-10-16)18-20-19-14(2)21-18;1-3-6(7)9-5-4-8-2/h3-12H,1-2H3;3H,1,4-5H2,2H3/b8-7+;. The van der Waals surface area contributed by atoms with Gasteiger partial charge in [0.05, 0.1) is 6.61 Å². The lowest BCUT2D eigenvalue weighted by Gasteiger charge is -1.98. The molecule has 0 spiro atoms. The van der Waals surface area contributed by atoms with Crippen molar-refractivity contribution >= 4 is 18.1 Å². The van der Waals surface area contributed by atoms with Crippen LogP contribution in [0.1, 0.15) is 22.6 Å². The summed E-state index contributed by atoms with van der Waals surface area (Å²) in [6, 6.07) is 16.5. The van der Waals surface area contributed by atoms with E-state index in [1.807, 2.05) is 24.3 Å². The van der Waals surface area contributed by atoms with Crippen LogP contribution in [0.5, 0.6) is 0 Å². The lowest BCUT2D eigenvalue weighted by Crippen LogP contribution is -2.06. The van der Waals surface area contributed by atoms with Gasteiger partial charge in [-0.1, -0.05) is 60.7 Å². The van der Waals surface area contributed by atoms with Crippen LogP contribution in [-0.4, -0.2) is 36.5 Å². The van der Waals surface area contributed by atoms with Crippen molar-refractivity contribution in [3.63, 3.8) is 0 Å². The van der Waals surface area contributed by atoms with Crippen LogP contribution in [-0.2, 0) is 14.3 Å². The van der Waals surface area contributed by atoms with Gasteiger partial charge in [0.1, 0.15) is 6.61 Å². The Morgan fingerprint density at radius 3 is 2.07 bits per heavy atom. The number of carbonyl (C=O) groups is 1. The molecule has 1 aromatic heterocycles. The third-order valence-corrected chi connectivity index (χ3v) is 3.93. The lowest BCUT2D eigenvalue weighted by atomic mass is 10.1. The summed E-state index contributed by atoms with van der Waals surface area (Å²) in [5.74, 6) is 0.724. The average molecular weight is 406 g/mol. The maximum atomic E-state index is 10.3. The monoisotopic (exact) mass is 406 g/mol. The number of esters is 1. The van der Waals surface area contributed by atoms with E-state index < -0.39 is 5.97 Å². The van der Waals surface area contributed by atoms with Crippen molar-refractivity contribution < 1.29 is 18.7 Å². The second-order valence-electron chi connectivity index (χ2n) is 6.36. The lowest BCUT2D eigenvalue weighted by molar-refractivity contribution is -0.138. The first-order chi connectivity index (χ1) is 14.5. The maximum Gasteiger partial charge on any atom is 0.330 e. The highest BCUT2D eigenvalue weighted by molar-refractivity contribution is 5.81. The van der Waals surface area contributed by atoms with Crippen LogP contribution in [0.2, 0.25) is 0 Å². The second kappa shape index (κ2) is 12.1. The molecule has 0 saturated heterocycles. The molecular weight excluding hydrogens is 380 g/mol. The highest BCUT2D eigenvalue weighted by Gasteiger charge is 2.04. The largest absolute Gasteiger partial charge is 0.460 e. The van der Waals surface area contributed by atoms with Gasteiger partial charge in [-0.05, 0) is 30.2 Å². The molecule has 1 heterocycles. The number of methoxy groups -OCH3 is 1. The fourth-order valence-corrected chi connectivity index (χ4v) is 2.30. The molecule has 0 aliphatic carbocycles. The normalized spacial score (nSPS) is 10.4. The number of ether oxygens (including phenoxy) is 2. The van der Waals surface area contributed by atoms with Crippen LogP contribution in [0, 0.1) is 13.8 Å². The third kappa shape index (κ3) is 7.85. The second-order valence-corrected chi connectivity index (χ2v) is 6.36. The quantitative estimate of drug-likeness (QED) is 0.241. The first kappa shape index (κ1) is 22.8. The number of aromatic nitrogens is 2. The summed E-state index contributed by atoms with van der Waals surface area (Å²) in [4.78, 5) is 10.3. The van der Waals surface area contributed by atoms with Gasteiger partial charge >= 0.3 is 5.97 Å². The number of hydrogen-bond donors (Lipinski definition) is 0. The molecule has 3 aromatic rings. The minimum atomic E-state index is -0.410. The van der Waals surface area contributed by atoms with Gasteiger partial charge in [-0.15, -0.1) is 10.2 Å². The van der Waals surface area contributed by atoms with Gasteiger partial charge in [0.15, 0.2) is 0 Å².